The van der Waals surface area contributed by atoms with Gasteiger partial charge in [0.25, 0.3) is 11.8 Å². The number of H-pyrrole nitrogens is 1. The number of piperazine rings is 1. The Hall–Kier alpha value is -3.99. The number of likely N-dealkylation sites (N-methyl/N-ethyl adjacent to an activating group) is 1. The molecule has 0 radical (unpaired) electrons. The Bertz CT molecular complexity index is 1710. The van der Waals surface area contributed by atoms with Crippen LogP contribution >= 0.6 is 0 Å². The second kappa shape index (κ2) is 9.25. The lowest BCUT2D eigenvalue weighted by Gasteiger charge is -2.48. The summed E-state index contributed by atoms with van der Waals surface area (Å²) in [5.41, 5.74) is 3.58. The topological polar surface area (TPSA) is 118 Å². The van der Waals surface area contributed by atoms with Gasteiger partial charge in [0, 0.05) is 42.7 Å². The molecule has 0 spiro atoms. The first-order valence-corrected chi connectivity index (χ1v) is 15.1. The van der Waals surface area contributed by atoms with Gasteiger partial charge in [-0.05, 0) is 61.6 Å². The van der Waals surface area contributed by atoms with Crippen LogP contribution in [-0.2, 0) is 32.0 Å². The van der Waals surface area contributed by atoms with Gasteiger partial charge in [0.2, 0.25) is 17.5 Å². The minimum absolute atomic E-state index is 0. The van der Waals surface area contributed by atoms with Crippen LogP contribution in [0.2, 0.25) is 0 Å². The third-order valence-electron chi connectivity index (χ3n) is 10.1. The number of aromatic amines is 1. The van der Waals surface area contributed by atoms with Crippen LogP contribution in [-0.4, -0.2) is 92.4 Å². The van der Waals surface area contributed by atoms with E-state index in [4.69, 9.17) is 4.74 Å². The maximum atomic E-state index is 14.2. The number of nitrogens with one attached hydrogen (secondary N) is 2. The van der Waals surface area contributed by atoms with Gasteiger partial charge in [-0.2, -0.15) is 0 Å². The average Bonchev–Trinajstić information content (AvgIpc) is 3.70. The summed E-state index contributed by atoms with van der Waals surface area (Å²) in [7, 11) is 2.02. The third kappa shape index (κ3) is 3.79. The Morgan fingerprint density at radius 2 is 2.00 bits per heavy atom. The van der Waals surface area contributed by atoms with E-state index in [1.165, 1.54) is 22.8 Å². The largest absolute Gasteiger partial charge is 1.00 e. The van der Waals surface area contributed by atoms with Gasteiger partial charge in [-0.3, -0.25) is 28.9 Å². The van der Waals surface area contributed by atoms with Gasteiger partial charge < -0.3 is 20.3 Å². The van der Waals surface area contributed by atoms with Crippen LogP contribution in [0.1, 0.15) is 37.9 Å². The van der Waals surface area contributed by atoms with Crippen LogP contribution in [0, 0.1) is 5.92 Å². The molecule has 3 amide bonds. The first-order chi connectivity index (χ1) is 20.7. The predicted molar refractivity (Wildman–Crippen MR) is 159 cm³/mol. The van der Waals surface area contributed by atoms with Crippen molar-refractivity contribution in [3.8, 4) is 0 Å². The number of carbonyl (C=O) groups is 3. The molecule has 5 heterocycles. The maximum absolute atomic E-state index is 14.2. The van der Waals surface area contributed by atoms with Crippen molar-refractivity contribution in [2.45, 2.75) is 62.4 Å². The van der Waals surface area contributed by atoms with Gasteiger partial charge in [-0.1, -0.05) is 48.5 Å². The maximum Gasteiger partial charge on any atom is 1.00 e. The number of amides is 3. The Morgan fingerprint density at radius 1 is 1.19 bits per heavy atom. The minimum Gasteiger partial charge on any atom is -0.361 e. The molecule has 10 nitrogen and oxygen atoms in total. The first-order valence-electron chi connectivity index (χ1n) is 15.1. The quantitative estimate of drug-likeness (QED) is 0.434. The molecule has 43 heavy (non-hydrogen) atoms. The fourth-order valence-corrected chi connectivity index (χ4v) is 8.12. The molecular formula is C33H36N5O5+. The van der Waals surface area contributed by atoms with Crippen molar-refractivity contribution in [3.63, 3.8) is 0 Å². The Balaban J connectivity index is 0.00000312. The molecule has 5 aliphatic rings. The van der Waals surface area contributed by atoms with Gasteiger partial charge in [0.05, 0.1) is 5.92 Å². The minimum atomic E-state index is -2.04. The average molecular weight is 583 g/mol. The zero-order chi connectivity index (χ0) is 29.7. The highest BCUT2D eigenvalue weighted by Crippen LogP contribution is 2.46. The Labute approximate surface area is 250 Å². The molecule has 10 heteroatoms. The fourth-order valence-electron chi connectivity index (χ4n) is 8.12. The standard InChI is InChI=1S/C33H35N5O5/c1-32(35-29(39)21-15-23-22-10-6-11-24-28(22)20(17-34-24)16-25(23)36(2)18-21)31(41)38-26(14-19-8-4-3-5-9-19)30(40)37-13-7-12-27(37)33(38,42)43-32/h3-6,8-11,15,17,21,25-27,34,42H,7,12-14,16,18H2,1-2H3,(H,35,39)/p+1/t21-,25-,26+,27+,32-,33+/m1/s1. The zero-order valence-corrected chi connectivity index (χ0v) is 24.2. The van der Waals surface area contributed by atoms with E-state index in [2.05, 4.69) is 33.5 Å². The summed E-state index contributed by atoms with van der Waals surface area (Å²) in [6.45, 7) is 2.45. The van der Waals surface area contributed by atoms with Gasteiger partial charge in [0.15, 0.2) is 0 Å². The molecule has 3 N–H and O–H groups in total. The Morgan fingerprint density at radius 3 is 2.81 bits per heavy atom. The van der Waals surface area contributed by atoms with E-state index >= 15 is 0 Å². The lowest BCUT2D eigenvalue weighted by molar-refractivity contribution is -0.315. The van der Waals surface area contributed by atoms with Gasteiger partial charge in [0.1, 0.15) is 12.1 Å². The lowest BCUT2D eigenvalue weighted by atomic mass is 9.79. The molecular weight excluding hydrogens is 546 g/mol. The predicted octanol–water partition coefficient (Wildman–Crippen LogP) is 2.10. The van der Waals surface area contributed by atoms with Crippen LogP contribution in [0.4, 0.5) is 0 Å². The van der Waals surface area contributed by atoms with Crippen molar-refractivity contribution in [3.05, 3.63) is 77.5 Å². The van der Waals surface area contributed by atoms with Crippen molar-refractivity contribution in [1.29, 1.82) is 0 Å². The monoisotopic (exact) mass is 582 g/mol. The first kappa shape index (κ1) is 26.6. The summed E-state index contributed by atoms with van der Waals surface area (Å²) in [5.74, 6) is -3.77. The van der Waals surface area contributed by atoms with Crippen LogP contribution in [0.3, 0.4) is 0 Å². The van der Waals surface area contributed by atoms with E-state index in [0.717, 1.165) is 28.6 Å². The fraction of sp³-hybridized carbons (Fsp3) is 0.424. The van der Waals surface area contributed by atoms with E-state index in [0.29, 0.717) is 25.9 Å². The molecule has 3 saturated heterocycles. The number of hydrogen-bond donors (Lipinski definition) is 3. The van der Waals surface area contributed by atoms with Crippen molar-refractivity contribution >= 4 is 34.2 Å². The van der Waals surface area contributed by atoms with Crippen LogP contribution in [0.5, 0.6) is 0 Å². The molecule has 0 bridgehead atoms. The van der Waals surface area contributed by atoms with Gasteiger partial charge in [-0.15, -0.1) is 0 Å². The van der Waals surface area contributed by atoms with Crippen molar-refractivity contribution in [1.82, 2.24) is 25.0 Å². The summed E-state index contributed by atoms with van der Waals surface area (Å²) < 4.78 is 6.23. The number of rotatable bonds is 4. The zero-order valence-electron chi connectivity index (χ0n) is 25.2. The highest BCUT2D eigenvalue weighted by molar-refractivity contribution is 6.00. The number of aliphatic hydroxyl groups is 1. The second-order valence-electron chi connectivity index (χ2n) is 12.8. The van der Waals surface area contributed by atoms with Crippen LogP contribution < -0.4 is 5.32 Å². The van der Waals surface area contributed by atoms with Crippen molar-refractivity contribution < 1.29 is 25.7 Å². The molecule has 0 saturated carbocycles. The molecule has 0 unspecified atom stereocenters. The van der Waals surface area contributed by atoms with Crippen molar-refractivity contribution in [2.75, 3.05) is 20.1 Å². The molecule has 3 aromatic rings. The molecule has 8 rings (SSSR count). The molecule has 1 aliphatic carbocycles. The van der Waals surface area contributed by atoms with E-state index in [9.17, 15) is 19.5 Å². The molecule has 222 valence electrons. The highest BCUT2D eigenvalue weighted by atomic mass is 16.7. The number of hydrogen-bond acceptors (Lipinski definition) is 6. The summed E-state index contributed by atoms with van der Waals surface area (Å²) in [5, 5.41) is 16.1. The number of carbonyl (C=O) groups excluding carboxylic acids is 3. The molecule has 2 aromatic carbocycles. The number of nitrogens with zero attached hydrogens (tertiary/aromatic N) is 3. The van der Waals surface area contributed by atoms with Crippen molar-refractivity contribution in [2.24, 2.45) is 5.92 Å². The summed E-state index contributed by atoms with van der Waals surface area (Å²) in [6.07, 6.45) is 6.38. The third-order valence-corrected chi connectivity index (χ3v) is 10.1. The number of fused-ring (bicyclic) bond motifs is 5. The number of benzene rings is 2. The molecule has 4 aliphatic heterocycles. The molecule has 1 aromatic heterocycles. The molecule has 6 atom stereocenters. The number of aromatic nitrogens is 1. The van der Waals surface area contributed by atoms with E-state index in [1.54, 1.807) is 4.90 Å². The van der Waals surface area contributed by atoms with E-state index in [1.807, 2.05) is 49.5 Å². The summed E-state index contributed by atoms with van der Waals surface area (Å²) in [6, 6.07) is 14.1. The SMILES string of the molecule is CN1C[C@H](C(=O)N[C@]2(C)O[C@@]3(O)[C@@H]4CCCN4C(=O)[C@H](Cc4ccccc4)N3C2=O)C=C2c3cccc4[nH]cc(c34)C[C@H]21.[H+]. The number of ether oxygens (including phenoxy) is 1. The molecule has 3 fully saturated rings. The van der Waals surface area contributed by atoms with Gasteiger partial charge in [-0.25, -0.2) is 0 Å². The second-order valence-corrected chi connectivity index (χ2v) is 12.8. The van der Waals surface area contributed by atoms with E-state index in [-0.39, 0.29) is 25.7 Å². The Kier molecular flexibility index (Phi) is 5.73. The van der Waals surface area contributed by atoms with E-state index < -0.39 is 35.5 Å². The normalized spacial score (nSPS) is 33.3. The summed E-state index contributed by atoms with van der Waals surface area (Å²) >= 11 is 0. The van der Waals surface area contributed by atoms with Gasteiger partial charge >= 0.3 is 1.43 Å². The summed E-state index contributed by atoms with van der Waals surface area (Å²) in [4.78, 5) is 50.2. The highest BCUT2D eigenvalue weighted by Gasteiger charge is 2.70. The van der Waals surface area contributed by atoms with Crippen LogP contribution in [0.15, 0.2) is 60.8 Å². The smallest absolute Gasteiger partial charge is 0.361 e. The van der Waals surface area contributed by atoms with Crippen LogP contribution in [0.25, 0.3) is 16.5 Å². The lowest BCUT2D eigenvalue weighted by Crippen LogP contribution is -2.71.